The number of aryl methyl sites for hydroxylation is 1. The lowest BCUT2D eigenvalue weighted by atomic mass is 10.1. The van der Waals surface area contributed by atoms with E-state index in [9.17, 15) is 22.4 Å². The lowest BCUT2D eigenvalue weighted by Gasteiger charge is -2.11. The van der Waals surface area contributed by atoms with Crippen molar-refractivity contribution in [1.29, 1.82) is 0 Å². The lowest BCUT2D eigenvalue weighted by Crippen LogP contribution is -2.20. The number of fused-ring (bicyclic) bond motifs is 1. The summed E-state index contributed by atoms with van der Waals surface area (Å²) in [5.41, 5.74) is 0.0738. The molecule has 30 heavy (non-hydrogen) atoms. The second-order valence-corrected chi connectivity index (χ2v) is 6.53. The maximum atomic E-state index is 13.8. The first-order chi connectivity index (χ1) is 14.3. The number of pyridine rings is 2. The summed E-state index contributed by atoms with van der Waals surface area (Å²) in [6.07, 6.45) is -2.14. The second-order valence-electron chi connectivity index (χ2n) is 6.53. The van der Waals surface area contributed by atoms with Gasteiger partial charge in [0.1, 0.15) is 17.0 Å². The van der Waals surface area contributed by atoms with Crippen molar-refractivity contribution in [1.82, 2.24) is 19.5 Å². The monoisotopic (exact) mass is 414 g/mol. The first kappa shape index (κ1) is 19.7. The Balaban J connectivity index is 1.99. The van der Waals surface area contributed by atoms with Crippen molar-refractivity contribution in [3.63, 3.8) is 0 Å². The lowest BCUT2D eigenvalue weighted by molar-refractivity contribution is -0.141. The number of hydrogen-bond donors (Lipinski definition) is 0. The number of halogens is 4. The van der Waals surface area contributed by atoms with Crippen molar-refractivity contribution >= 4 is 10.9 Å². The van der Waals surface area contributed by atoms with Gasteiger partial charge in [0.15, 0.2) is 0 Å². The molecule has 3 heterocycles. The van der Waals surface area contributed by atoms with E-state index < -0.39 is 17.7 Å². The Hall–Kier alpha value is -3.62. The van der Waals surface area contributed by atoms with Crippen LogP contribution in [0, 0.1) is 5.82 Å². The summed E-state index contributed by atoms with van der Waals surface area (Å²) in [6, 6.07) is 9.18. The minimum absolute atomic E-state index is 0.225. The molecule has 0 fully saturated rings. The van der Waals surface area contributed by atoms with Crippen LogP contribution in [-0.4, -0.2) is 19.5 Å². The van der Waals surface area contributed by atoms with Crippen LogP contribution in [0.4, 0.5) is 17.6 Å². The fraction of sp³-hybridized carbons (Fsp3) is 0.143. The van der Waals surface area contributed by atoms with Gasteiger partial charge in [-0.25, -0.2) is 14.4 Å². The topological polar surface area (TPSA) is 60.7 Å². The van der Waals surface area contributed by atoms with Crippen LogP contribution in [0.1, 0.15) is 12.6 Å². The molecule has 0 aliphatic heterocycles. The van der Waals surface area contributed by atoms with Gasteiger partial charge in [-0.2, -0.15) is 13.2 Å². The molecule has 5 nitrogen and oxygen atoms in total. The Morgan fingerprint density at radius 1 is 1.03 bits per heavy atom. The normalized spacial score (nSPS) is 11.8. The van der Waals surface area contributed by atoms with Crippen molar-refractivity contribution in [2.24, 2.45) is 0 Å². The van der Waals surface area contributed by atoms with E-state index in [1.54, 1.807) is 13.0 Å². The first-order valence-corrected chi connectivity index (χ1v) is 8.97. The highest BCUT2D eigenvalue weighted by Crippen LogP contribution is 2.31. The molecule has 0 N–H and O–H groups in total. The van der Waals surface area contributed by atoms with Crippen molar-refractivity contribution in [3.05, 3.63) is 76.9 Å². The molecule has 0 amide bonds. The van der Waals surface area contributed by atoms with Gasteiger partial charge in [-0.1, -0.05) is 12.1 Å². The number of aromatic nitrogens is 4. The van der Waals surface area contributed by atoms with E-state index in [4.69, 9.17) is 0 Å². The van der Waals surface area contributed by atoms with Crippen LogP contribution in [0.5, 0.6) is 0 Å². The zero-order chi connectivity index (χ0) is 21.5. The van der Waals surface area contributed by atoms with Gasteiger partial charge in [0.25, 0.3) is 5.56 Å². The highest BCUT2D eigenvalue weighted by Gasteiger charge is 2.32. The van der Waals surface area contributed by atoms with Gasteiger partial charge in [0.05, 0.1) is 23.1 Å². The average Bonchev–Trinajstić information content (AvgIpc) is 2.73. The fourth-order valence-corrected chi connectivity index (χ4v) is 3.09. The predicted molar refractivity (Wildman–Crippen MR) is 103 cm³/mol. The number of nitrogens with zero attached hydrogens (tertiary/aromatic N) is 4. The first-order valence-electron chi connectivity index (χ1n) is 8.97. The zero-order valence-electron chi connectivity index (χ0n) is 15.6. The van der Waals surface area contributed by atoms with E-state index in [2.05, 4.69) is 15.0 Å². The molecule has 0 radical (unpaired) electrons. The van der Waals surface area contributed by atoms with Crippen molar-refractivity contribution in [2.45, 2.75) is 19.6 Å². The highest BCUT2D eigenvalue weighted by atomic mass is 19.4. The Bertz CT molecular complexity index is 1300. The van der Waals surface area contributed by atoms with E-state index in [1.807, 2.05) is 0 Å². The van der Waals surface area contributed by atoms with Gasteiger partial charge in [-0.05, 0) is 37.3 Å². The summed E-state index contributed by atoms with van der Waals surface area (Å²) in [6.45, 7) is 2.17. The highest BCUT2D eigenvalue weighted by molar-refractivity contribution is 5.93. The summed E-state index contributed by atoms with van der Waals surface area (Å²) < 4.78 is 53.7. The molecule has 0 spiro atoms. The van der Waals surface area contributed by atoms with E-state index in [-0.39, 0.29) is 33.4 Å². The third kappa shape index (κ3) is 3.54. The van der Waals surface area contributed by atoms with Gasteiger partial charge in [0, 0.05) is 23.9 Å². The van der Waals surface area contributed by atoms with Crippen LogP contribution in [0.15, 0.2) is 59.8 Å². The maximum Gasteiger partial charge on any atom is 0.433 e. The smallest absolute Gasteiger partial charge is 0.299 e. The third-order valence-electron chi connectivity index (χ3n) is 4.60. The third-order valence-corrected chi connectivity index (χ3v) is 4.60. The molecule has 152 valence electrons. The molecule has 4 aromatic rings. The van der Waals surface area contributed by atoms with Crippen LogP contribution in [0.25, 0.3) is 33.4 Å². The summed E-state index contributed by atoms with van der Waals surface area (Å²) in [4.78, 5) is 25.1. The Morgan fingerprint density at radius 3 is 2.47 bits per heavy atom. The summed E-state index contributed by atoms with van der Waals surface area (Å²) in [5.74, 6) is -0.494. The summed E-state index contributed by atoms with van der Waals surface area (Å²) in [7, 11) is 0. The second kappa shape index (κ2) is 7.33. The van der Waals surface area contributed by atoms with E-state index in [0.717, 1.165) is 12.3 Å². The van der Waals surface area contributed by atoms with Crippen LogP contribution in [0.3, 0.4) is 0 Å². The molecule has 3 aromatic heterocycles. The molecular formula is C21H14F4N4O. The quantitative estimate of drug-likeness (QED) is 0.456. The molecule has 0 bridgehead atoms. The predicted octanol–water partition coefficient (Wildman–Crippen LogP) is 4.70. The number of hydrogen-bond acceptors (Lipinski definition) is 4. The van der Waals surface area contributed by atoms with Gasteiger partial charge in [-0.15, -0.1) is 0 Å². The SMILES string of the molecule is CCn1cnc2c(-c3cccc(F)c3)nc(-c3ccc(C(F)(F)F)nc3)cc2c1=O. The maximum absolute atomic E-state index is 13.8. The molecular weight excluding hydrogens is 400 g/mol. The molecule has 0 saturated heterocycles. The minimum Gasteiger partial charge on any atom is -0.299 e. The van der Waals surface area contributed by atoms with Crippen molar-refractivity contribution in [3.8, 4) is 22.5 Å². The van der Waals surface area contributed by atoms with Gasteiger partial charge in [0.2, 0.25) is 0 Å². The van der Waals surface area contributed by atoms with E-state index in [1.165, 1.54) is 41.2 Å². The van der Waals surface area contributed by atoms with Crippen LogP contribution >= 0.6 is 0 Å². The zero-order valence-corrected chi connectivity index (χ0v) is 15.6. The minimum atomic E-state index is -4.57. The van der Waals surface area contributed by atoms with Gasteiger partial charge in [-0.3, -0.25) is 14.3 Å². The molecule has 4 rings (SSSR count). The molecule has 0 aliphatic rings. The Kier molecular flexibility index (Phi) is 4.81. The van der Waals surface area contributed by atoms with Gasteiger partial charge >= 0.3 is 6.18 Å². The Morgan fingerprint density at radius 2 is 1.83 bits per heavy atom. The standard InChI is InChI=1S/C21H14F4N4O/c1-2-29-11-27-19-15(20(29)30)9-16(13-6-7-17(26-10-13)21(23,24)25)28-18(19)12-4-3-5-14(22)8-12/h3-11H,2H2,1H3. The fourth-order valence-electron chi connectivity index (χ4n) is 3.09. The van der Waals surface area contributed by atoms with Crippen LogP contribution in [-0.2, 0) is 12.7 Å². The van der Waals surface area contributed by atoms with E-state index >= 15 is 0 Å². The molecule has 9 heteroatoms. The molecule has 0 unspecified atom stereocenters. The number of rotatable bonds is 3. The summed E-state index contributed by atoms with van der Waals surface area (Å²) in [5, 5.41) is 0.225. The van der Waals surface area contributed by atoms with Crippen molar-refractivity contribution < 1.29 is 17.6 Å². The molecule has 0 saturated carbocycles. The van der Waals surface area contributed by atoms with Gasteiger partial charge < -0.3 is 0 Å². The van der Waals surface area contributed by atoms with Crippen LogP contribution < -0.4 is 5.56 Å². The molecule has 0 atom stereocenters. The summed E-state index contributed by atoms with van der Waals surface area (Å²) >= 11 is 0. The molecule has 0 aliphatic carbocycles. The molecule has 1 aromatic carbocycles. The van der Waals surface area contributed by atoms with Crippen LogP contribution in [0.2, 0.25) is 0 Å². The average molecular weight is 414 g/mol. The number of benzene rings is 1. The van der Waals surface area contributed by atoms with E-state index in [0.29, 0.717) is 12.1 Å². The number of alkyl halides is 3. The largest absolute Gasteiger partial charge is 0.433 e. The van der Waals surface area contributed by atoms with Crippen molar-refractivity contribution in [2.75, 3.05) is 0 Å². The Labute approximate surface area is 167 Å².